The van der Waals surface area contributed by atoms with E-state index < -0.39 is 0 Å². The van der Waals surface area contributed by atoms with Gasteiger partial charge in [0, 0.05) is 46.7 Å². The summed E-state index contributed by atoms with van der Waals surface area (Å²) in [6.45, 7) is 3.03. The molecule has 0 saturated carbocycles. The smallest absolute Gasteiger partial charge is 0.178 e. The van der Waals surface area contributed by atoms with Gasteiger partial charge in [0.2, 0.25) is 0 Å². The third-order valence-corrected chi connectivity index (χ3v) is 7.68. The molecule has 0 amide bonds. The number of rotatable bonds is 5. The van der Waals surface area contributed by atoms with Crippen molar-refractivity contribution in [1.29, 1.82) is 0 Å². The average molecular weight is 496 g/mol. The summed E-state index contributed by atoms with van der Waals surface area (Å²) in [5, 5.41) is 9.82. The van der Waals surface area contributed by atoms with E-state index in [0.29, 0.717) is 33.6 Å². The van der Waals surface area contributed by atoms with E-state index in [9.17, 15) is 0 Å². The van der Waals surface area contributed by atoms with Crippen LogP contribution >= 0.6 is 11.3 Å². The van der Waals surface area contributed by atoms with E-state index in [2.05, 4.69) is 41.1 Å². The number of hydrogen-bond acceptors (Lipinski definition) is 6. The molecule has 9 heteroatoms. The number of halogens is 1. The van der Waals surface area contributed by atoms with Gasteiger partial charge in [-0.2, -0.15) is 5.10 Å². The number of hydrogen-bond donors (Lipinski definition) is 2. The van der Waals surface area contributed by atoms with Gasteiger partial charge in [0.1, 0.15) is 11.5 Å². The Balaban J connectivity index is 1.32. The first-order valence-corrected chi connectivity index (χ1v) is 12.8. The van der Waals surface area contributed by atoms with Crippen molar-refractivity contribution in [3.05, 3.63) is 71.7 Å². The molecule has 0 radical (unpaired) electrons. The minimum absolute atomic E-state index is 0.344. The van der Waals surface area contributed by atoms with Crippen LogP contribution in [0.15, 0.2) is 60.4 Å². The Morgan fingerprint density at radius 1 is 1.06 bits per heavy atom. The van der Waals surface area contributed by atoms with Crippen LogP contribution in [-0.2, 0) is 6.54 Å². The van der Waals surface area contributed by atoms with Crippen LogP contribution in [0.25, 0.3) is 55.2 Å². The number of nitrogens with one attached hydrogen (secondary N) is 2. The van der Waals surface area contributed by atoms with Crippen molar-refractivity contribution in [2.24, 2.45) is 0 Å². The molecule has 5 aromatic heterocycles. The molecule has 2 N–H and O–H groups in total. The second-order valence-corrected chi connectivity index (χ2v) is 10.1. The van der Waals surface area contributed by atoms with Crippen LogP contribution in [0.4, 0.5) is 4.39 Å². The third-order valence-electron chi connectivity index (χ3n) is 6.78. The molecule has 7 rings (SSSR count). The number of thiophene rings is 1. The predicted octanol–water partition coefficient (Wildman–Crippen LogP) is 6.03. The number of pyridine rings is 2. The monoisotopic (exact) mass is 495 g/mol. The van der Waals surface area contributed by atoms with Gasteiger partial charge in [-0.1, -0.05) is 6.07 Å². The Labute approximate surface area is 210 Å². The summed E-state index contributed by atoms with van der Waals surface area (Å²) < 4.78 is 16.1. The Kier molecular flexibility index (Phi) is 5.11. The van der Waals surface area contributed by atoms with Crippen LogP contribution in [0.1, 0.15) is 18.4 Å². The van der Waals surface area contributed by atoms with Gasteiger partial charge in [0.15, 0.2) is 11.5 Å². The molecule has 0 spiro atoms. The van der Waals surface area contributed by atoms with E-state index in [1.54, 1.807) is 29.8 Å². The second-order valence-electron chi connectivity index (χ2n) is 9.11. The van der Waals surface area contributed by atoms with Crippen molar-refractivity contribution in [3.63, 3.8) is 0 Å². The summed E-state index contributed by atoms with van der Waals surface area (Å²) in [7, 11) is 0. The van der Waals surface area contributed by atoms with E-state index in [1.165, 1.54) is 12.8 Å². The third kappa shape index (κ3) is 3.59. The van der Waals surface area contributed by atoms with Crippen molar-refractivity contribution < 1.29 is 4.39 Å². The molecule has 0 unspecified atom stereocenters. The molecule has 6 aromatic rings. The highest BCUT2D eigenvalue weighted by atomic mass is 32.1. The van der Waals surface area contributed by atoms with Gasteiger partial charge < -0.3 is 4.98 Å². The summed E-state index contributed by atoms with van der Waals surface area (Å²) in [6, 6.07) is 11.7. The Morgan fingerprint density at radius 2 is 1.97 bits per heavy atom. The molecule has 7 nitrogen and oxygen atoms in total. The lowest BCUT2D eigenvalue weighted by Gasteiger charge is -2.15. The Morgan fingerprint density at radius 3 is 2.83 bits per heavy atom. The van der Waals surface area contributed by atoms with E-state index >= 15 is 4.39 Å². The lowest BCUT2D eigenvalue weighted by molar-refractivity contribution is 0.331. The fraction of sp³-hybridized carbons (Fsp3) is 0.185. The summed E-state index contributed by atoms with van der Waals surface area (Å²) in [6.07, 6.45) is 7.79. The van der Waals surface area contributed by atoms with Crippen LogP contribution in [0.5, 0.6) is 0 Å². The van der Waals surface area contributed by atoms with Gasteiger partial charge in [-0.15, -0.1) is 11.3 Å². The normalized spacial score (nSPS) is 14.4. The number of imidazole rings is 1. The van der Waals surface area contributed by atoms with Gasteiger partial charge in [0.25, 0.3) is 0 Å². The van der Waals surface area contributed by atoms with E-state index in [-0.39, 0.29) is 5.82 Å². The first-order chi connectivity index (χ1) is 17.7. The van der Waals surface area contributed by atoms with Crippen molar-refractivity contribution in [1.82, 2.24) is 35.0 Å². The summed E-state index contributed by atoms with van der Waals surface area (Å²) >= 11 is 1.65. The van der Waals surface area contributed by atoms with Crippen molar-refractivity contribution in [2.45, 2.75) is 19.4 Å². The lowest BCUT2D eigenvalue weighted by Crippen LogP contribution is -2.18. The number of H-pyrrole nitrogens is 2. The molecule has 1 aromatic carbocycles. The summed E-state index contributed by atoms with van der Waals surface area (Å²) in [5.74, 6) is 0.132. The zero-order chi connectivity index (χ0) is 24.1. The van der Waals surface area contributed by atoms with Crippen LogP contribution in [0.3, 0.4) is 0 Å². The molecule has 0 bridgehead atoms. The van der Waals surface area contributed by atoms with Crippen LogP contribution in [0, 0.1) is 5.82 Å². The molecular weight excluding hydrogens is 473 g/mol. The quantitative estimate of drug-likeness (QED) is 0.305. The Hall–Kier alpha value is -3.95. The van der Waals surface area contributed by atoms with Gasteiger partial charge in [-0.25, -0.2) is 14.4 Å². The zero-order valence-electron chi connectivity index (χ0n) is 19.3. The van der Waals surface area contributed by atoms with Crippen LogP contribution in [0.2, 0.25) is 0 Å². The maximum atomic E-state index is 16.1. The van der Waals surface area contributed by atoms with E-state index in [0.717, 1.165) is 46.7 Å². The zero-order valence-corrected chi connectivity index (χ0v) is 20.1. The molecule has 0 atom stereocenters. The average Bonchev–Trinajstić information content (AvgIpc) is 3.70. The predicted molar refractivity (Wildman–Crippen MR) is 140 cm³/mol. The fourth-order valence-electron chi connectivity index (χ4n) is 5.05. The molecule has 6 heterocycles. The van der Waals surface area contributed by atoms with Crippen molar-refractivity contribution in [3.8, 4) is 33.1 Å². The molecule has 1 saturated heterocycles. The molecular formula is C27H22FN7S. The molecule has 1 aliphatic heterocycles. The minimum Gasteiger partial charge on any atom is -0.335 e. The van der Waals surface area contributed by atoms with Gasteiger partial charge >= 0.3 is 0 Å². The molecule has 1 aliphatic rings. The lowest BCUT2D eigenvalue weighted by atomic mass is 10.0. The maximum absolute atomic E-state index is 16.1. The summed E-state index contributed by atoms with van der Waals surface area (Å²) in [5.41, 5.74) is 5.77. The van der Waals surface area contributed by atoms with Crippen molar-refractivity contribution >= 4 is 33.4 Å². The number of aromatic nitrogens is 6. The number of aromatic amines is 2. The van der Waals surface area contributed by atoms with Gasteiger partial charge in [-0.3, -0.25) is 15.0 Å². The van der Waals surface area contributed by atoms with Crippen LogP contribution < -0.4 is 0 Å². The molecule has 0 aliphatic carbocycles. The van der Waals surface area contributed by atoms with E-state index in [4.69, 9.17) is 0 Å². The first kappa shape index (κ1) is 21.3. The molecule has 1 fully saturated rings. The van der Waals surface area contributed by atoms with Gasteiger partial charge in [0.05, 0.1) is 16.4 Å². The first-order valence-electron chi connectivity index (χ1n) is 12.0. The standard InChI is InChI=1S/C27H22FN7S/c28-23-18(17-12-16(13-29-14-17)15-35-9-1-2-10-35)5-6-20-22(23)25(34-33-20)27-31-24-19(21-4-3-11-36-21)7-8-30-26(24)32-27/h3-8,11-14H,1-2,9-10,15H2,(H,33,34)(H,30,31,32). The minimum atomic E-state index is -0.344. The number of benzene rings is 1. The summed E-state index contributed by atoms with van der Waals surface area (Å²) in [4.78, 5) is 20.4. The second kappa shape index (κ2) is 8.61. The van der Waals surface area contributed by atoms with E-state index in [1.807, 2.05) is 35.8 Å². The largest absolute Gasteiger partial charge is 0.335 e. The highest BCUT2D eigenvalue weighted by molar-refractivity contribution is 7.13. The molecule has 36 heavy (non-hydrogen) atoms. The van der Waals surface area contributed by atoms with Crippen molar-refractivity contribution in [2.75, 3.05) is 13.1 Å². The fourth-order valence-corrected chi connectivity index (χ4v) is 5.81. The molecule has 178 valence electrons. The topological polar surface area (TPSA) is 86.4 Å². The maximum Gasteiger partial charge on any atom is 0.178 e. The number of nitrogens with zero attached hydrogens (tertiary/aromatic N) is 5. The Bertz CT molecular complexity index is 1700. The number of likely N-dealkylation sites (tertiary alicyclic amines) is 1. The van der Waals surface area contributed by atoms with Crippen LogP contribution in [-0.4, -0.2) is 48.1 Å². The van der Waals surface area contributed by atoms with Gasteiger partial charge in [-0.05, 0) is 67.2 Å². The highest BCUT2D eigenvalue weighted by Gasteiger charge is 2.21. The number of fused-ring (bicyclic) bond motifs is 2. The highest BCUT2D eigenvalue weighted by Crippen LogP contribution is 2.36. The SMILES string of the molecule is Fc1c(-c2cncc(CN3CCCC3)c2)ccc2[nH]nc(-c3nc4nccc(-c5cccs5)c4[nH]3)c12.